The summed E-state index contributed by atoms with van der Waals surface area (Å²) in [5, 5.41) is 7.87. The molecule has 0 saturated carbocycles. The first-order chi connectivity index (χ1) is 12.8. The monoisotopic (exact) mass is 333 g/mol. The Balaban J connectivity index is 1.98. The molecule has 0 unspecified atom stereocenters. The molecule has 122 valence electrons. The van der Waals surface area contributed by atoms with E-state index in [2.05, 4.69) is 101 Å². The van der Waals surface area contributed by atoms with E-state index in [-0.39, 0.29) is 0 Å². The van der Waals surface area contributed by atoms with Crippen molar-refractivity contribution >= 4 is 49.0 Å². The van der Waals surface area contributed by atoms with Crippen LogP contribution in [0.25, 0.3) is 49.0 Å². The Labute approximate surface area is 150 Å². The van der Waals surface area contributed by atoms with Gasteiger partial charge in [0.2, 0.25) is 0 Å². The molecule has 2 heteroatoms. The quantitative estimate of drug-likeness (QED) is 0.261. The summed E-state index contributed by atoms with van der Waals surface area (Å²) in [6.07, 6.45) is 2.31. The number of pyridine rings is 1. The molecular formula is C24H17N2+. The first kappa shape index (κ1) is 13.9. The van der Waals surface area contributed by atoms with Gasteiger partial charge in [-0.05, 0) is 33.7 Å². The Bertz CT molecular complexity index is 1490. The number of imidazole rings is 1. The normalized spacial score (nSPS) is 12.0. The molecule has 0 aliphatic rings. The molecule has 6 rings (SSSR count). The van der Waals surface area contributed by atoms with Crippen molar-refractivity contribution in [2.45, 2.75) is 0 Å². The zero-order chi connectivity index (χ0) is 17.3. The van der Waals surface area contributed by atoms with Crippen LogP contribution in [0.4, 0.5) is 0 Å². The second-order valence-electron chi connectivity index (χ2n) is 6.97. The summed E-state index contributed by atoms with van der Waals surface area (Å²) in [4.78, 5) is 0. The van der Waals surface area contributed by atoms with Gasteiger partial charge in [-0.1, -0.05) is 60.7 Å². The smallest absolute Gasteiger partial charge is 0.226 e. The van der Waals surface area contributed by atoms with Crippen LogP contribution in [0.15, 0.2) is 85.1 Å². The highest BCUT2D eigenvalue weighted by atomic mass is 15.1. The summed E-state index contributed by atoms with van der Waals surface area (Å²) in [5.41, 5.74) is 3.69. The second kappa shape index (κ2) is 4.83. The fourth-order valence-corrected chi connectivity index (χ4v) is 4.41. The molecule has 0 spiro atoms. The van der Waals surface area contributed by atoms with E-state index in [1.165, 1.54) is 49.0 Å². The molecule has 0 aliphatic carbocycles. The van der Waals surface area contributed by atoms with Crippen LogP contribution in [0.2, 0.25) is 0 Å². The molecule has 6 aromatic rings. The van der Waals surface area contributed by atoms with E-state index in [0.717, 1.165) is 0 Å². The zero-order valence-corrected chi connectivity index (χ0v) is 14.5. The van der Waals surface area contributed by atoms with Crippen LogP contribution in [-0.4, -0.2) is 4.40 Å². The predicted molar refractivity (Wildman–Crippen MR) is 109 cm³/mol. The van der Waals surface area contributed by atoms with Crippen molar-refractivity contribution in [3.05, 3.63) is 85.1 Å². The number of aryl methyl sites for hydroxylation is 1. The molecule has 4 aromatic carbocycles. The number of hydrogen-bond acceptors (Lipinski definition) is 0. The molecule has 0 saturated heterocycles. The van der Waals surface area contributed by atoms with Crippen LogP contribution in [0.1, 0.15) is 0 Å². The topological polar surface area (TPSA) is 8.29 Å². The molecule has 26 heavy (non-hydrogen) atoms. The minimum absolute atomic E-state index is 1.21. The molecule has 0 N–H and O–H groups in total. The lowest BCUT2D eigenvalue weighted by Gasteiger charge is -2.09. The molecule has 2 nitrogen and oxygen atoms in total. The summed E-state index contributed by atoms with van der Waals surface area (Å²) < 4.78 is 4.59. The molecule has 0 atom stereocenters. The van der Waals surface area contributed by atoms with E-state index in [0.29, 0.717) is 0 Å². The summed E-state index contributed by atoms with van der Waals surface area (Å²) in [5.74, 6) is 0. The van der Waals surface area contributed by atoms with Crippen molar-refractivity contribution < 1.29 is 4.57 Å². The third-order valence-corrected chi connectivity index (χ3v) is 5.64. The summed E-state index contributed by atoms with van der Waals surface area (Å²) >= 11 is 0. The van der Waals surface area contributed by atoms with Gasteiger partial charge in [-0.2, -0.15) is 4.40 Å². The first-order valence-corrected chi connectivity index (χ1v) is 8.95. The minimum Gasteiger partial charge on any atom is -0.226 e. The van der Waals surface area contributed by atoms with Gasteiger partial charge in [-0.15, -0.1) is 0 Å². The predicted octanol–water partition coefficient (Wildman–Crippen LogP) is 5.38. The van der Waals surface area contributed by atoms with Gasteiger partial charge in [0.15, 0.2) is 11.0 Å². The molecule has 0 bridgehead atoms. The van der Waals surface area contributed by atoms with Crippen molar-refractivity contribution in [3.8, 4) is 0 Å². The molecule has 0 amide bonds. The summed E-state index contributed by atoms with van der Waals surface area (Å²) in [7, 11) is 2.15. The molecule has 0 fully saturated rings. The van der Waals surface area contributed by atoms with E-state index in [1.54, 1.807) is 0 Å². The maximum atomic E-state index is 2.34. The average Bonchev–Trinajstić information content (AvgIpc) is 2.99. The van der Waals surface area contributed by atoms with E-state index in [1.807, 2.05) is 0 Å². The van der Waals surface area contributed by atoms with Gasteiger partial charge in [0.05, 0.1) is 7.05 Å². The van der Waals surface area contributed by atoms with Crippen molar-refractivity contribution in [1.29, 1.82) is 0 Å². The number of para-hydroxylation sites is 2. The largest absolute Gasteiger partial charge is 0.287 e. The number of fused-ring (bicyclic) bond motifs is 9. The van der Waals surface area contributed by atoms with Gasteiger partial charge in [0.1, 0.15) is 6.20 Å². The third-order valence-electron chi connectivity index (χ3n) is 5.64. The van der Waals surface area contributed by atoms with Crippen molar-refractivity contribution in [3.63, 3.8) is 0 Å². The van der Waals surface area contributed by atoms with Crippen LogP contribution in [-0.2, 0) is 7.05 Å². The highest BCUT2D eigenvalue weighted by molar-refractivity contribution is 6.25. The number of hydrogen-bond donors (Lipinski definition) is 0. The molecule has 2 heterocycles. The lowest BCUT2D eigenvalue weighted by molar-refractivity contribution is -0.618. The molecule has 2 aromatic heterocycles. The summed E-state index contributed by atoms with van der Waals surface area (Å²) in [6, 6.07) is 28.4. The van der Waals surface area contributed by atoms with Crippen molar-refractivity contribution in [2.75, 3.05) is 0 Å². The lowest BCUT2D eigenvalue weighted by Crippen LogP contribution is -2.26. The number of aromatic nitrogens is 2. The van der Waals surface area contributed by atoms with Gasteiger partial charge < -0.3 is 0 Å². The maximum Gasteiger partial charge on any atom is 0.287 e. The van der Waals surface area contributed by atoms with Crippen LogP contribution >= 0.6 is 0 Å². The van der Waals surface area contributed by atoms with Crippen LogP contribution < -0.4 is 4.57 Å². The average molecular weight is 333 g/mol. The van der Waals surface area contributed by atoms with E-state index < -0.39 is 0 Å². The summed E-state index contributed by atoms with van der Waals surface area (Å²) in [6.45, 7) is 0. The zero-order valence-electron chi connectivity index (χ0n) is 14.5. The van der Waals surface area contributed by atoms with Gasteiger partial charge in [-0.25, -0.2) is 4.57 Å². The standard InChI is InChI=1S/C24H17N2/c1-25-22-12-6-7-13-23(22)26-15-21-19-11-5-3-9-17(19)16-8-2-4-10-18(16)20(21)14-24(25)26/h2-15H,1H3/q+1. The number of nitrogens with zero attached hydrogens (tertiary/aromatic N) is 2. The van der Waals surface area contributed by atoms with Crippen LogP contribution in [0.3, 0.4) is 0 Å². The maximum absolute atomic E-state index is 2.34. The Kier molecular flexibility index (Phi) is 2.57. The van der Waals surface area contributed by atoms with Crippen molar-refractivity contribution in [1.82, 2.24) is 4.40 Å². The highest BCUT2D eigenvalue weighted by Gasteiger charge is 2.18. The van der Waals surface area contributed by atoms with Gasteiger partial charge in [0, 0.05) is 16.8 Å². The first-order valence-electron chi connectivity index (χ1n) is 8.95. The fraction of sp³-hybridized carbons (Fsp3) is 0.0417. The highest BCUT2D eigenvalue weighted by Crippen LogP contribution is 2.35. The number of benzene rings is 4. The van der Waals surface area contributed by atoms with Gasteiger partial charge in [-0.3, -0.25) is 0 Å². The van der Waals surface area contributed by atoms with Crippen LogP contribution in [0, 0.1) is 0 Å². The number of rotatable bonds is 0. The Morgan fingerprint density at radius 3 is 1.85 bits per heavy atom. The fourth-order valence-electron chi connectivity index (χ4n) is 4.41. The lowest BCUT2D eigenvalue weighted by atomic mass is 9.95. The molecule has 0 radical (unpaired) electrons. The van der Waals surface area contributed by atoms with E-state index in [9.17, 15) is 0 Å². The Hall–Kier alpha value is -3.39. The molecular weight excluding hydrogens is 316 g/mol. The van der Waals surface area contributed by atoms with Crippen LogP contribution in [0.5, 0.6) is 0 Å². The Morgan fingerprint density at radius 1 is 0.615 bits per heavy atom. The van der Waals surface area contributed by atoms with Gasteiger partial charge in [0.25, 0.3) is 5.65 Å². The van der Waals surface area contributed by atoms with E-state index in [4.69, 9.17) is 0 Å². The van der Waals surface area contributed by atoms with E-state index >= 15 is 0 Å². The second-order valence-corrected chi connectivity index (χ2v) is 6.97. The minimum atomic E-state index is 1.21. The SMILES string of the molecule is C[n+]1c2ccccc2n2cc3c4ccccc4c4ccccc4c3cc21. The Morgan fingerprint density at radius 2 is 1.15 bits per heavy atom. The van der Waals surface area contributed by atoms with Gasteiger partial charge >= 0.3 is 0 Å². The van der Waals surface area contributed by atoms with Crippen molar-refractivity contribution in [2.24, 2.45) is 7.05 Å². The third kappa shape index (κ3) is 1.64. The molecule has 0 aliphatic heterocycles.